The first kappa shape index (κ1) is 14.7. The summed E-state index contributed by atoms with van der Waals surface area (Å²) in [6, 6.07) is 15.1. The molecule has 1 N–H and O–H groups in total. The van der Waals surface area contributed by atoms with Crippen molar-refractivity contribution in [1.82, 2.24) is 0 Å². The Bertz CT molecular complexity index is 662. The quantitative estimate of drug-likeness (QED) is 0.908. The van der Waals surface area contributed by atoms with Crippen LogP contribution in [0.25, 0.3) is 0 Å². The largest absolute Gasteiger partial charge is 0.493 e. The highest BCUT2D eigenvalue weighted by Gasteiger charge is 2.19. The highest BCUT2D eigenvalue weighted by atomic mass is 16.5. The van der Waals surface area contributed by atoms with Gasteiger partial charge in [0.05, 0.1) is 20.3 Å². The lowest BCUT2D eigenvalue weighted by molar-refractivity contribution is 0.351. The molecule has 0 aliphatic heterocycles. The Hall–Kier alpha value is -2.67. The van der Waals surface area contributed by atoms with Gasteiger partial charge in [0, 0.05) is 11.3 Å². The molecule has 21 heavy (non-hydrogen) atoms. The Balaban J connectivity index is 2.39. The summed E-state index contributed by atoms with van der Waals surface area (Å²) in [7, 11) is 3.15. The molecule has 0 bridgehead atoms. The molecule has 0 aromatic heterocycles. The molecule has 0 radical (unpaired) electrons. The number of aryl methyl sites for hydroxylation is 1. The minimum Gasteiger partial charge on any atom is -0.493 e. The lowest BCUT2D eigenvalue weighted by Crippen LogP contribution is -2.11. The van der Waals surface area contributed by atoms with Crippen LogP contribution in [0.15, 0.2) is 42.5 Å². The SMILES string of the molecule is COc1cccc(C(C#N)Nc2ccccc2C)c1OC. The van der Waals surface area contributed by atoms with Gasteiger partial charge in [0.1, 0.15) is 6.04 Å². The third-order valence-corrected chi connectivity index (χ3v) is 3.32. The Kier molecular flexibility index (Phi) is 4.68. The van der Waals surface area contributed by atoms with Gasteiger partial charge < -0.3 is 14.8 Å². The standard InChI is InChI=1S/C17H18N2O2/c1-12-7-4-5-9-14(12)19-15(11-18)13-8-6-10-16(20-2)17(13)21-3/h4-10,15,19H,1-3H3. The molecule has 0 heterocycles. The molecule has 4 nitrogen and oxygen atoms in total. The van der Waals surface area contributed by atoms with Gasteiger partial charge in [-0.3, -0.25) is 0 Å². The molecule has 2 rings (SSSR count). The Morgan fingerprint density at radius 2 is 1.81 bits per heavy atom. The molecule has 0 aliphatic carbocycles. The molecule has 0 spiro atoms. The monoisotopic (exact) mass is 282 g/mol. The van der Waals surface area contributed by atoms with Gasteiger partial charge in [0.2, 0.25) is 0 Å². The van der Waals surface area contributed by atoms with Crippen LogP contribution in [0.2, 0.25) is 0 Å². The Labute approximate surface area is 124 Å². The summed E-state index contributed by atoms with van der Waals surface area (Å²) in [5, 5.41) is 12.7. The summed E-state index contributed by atoms with van der Waals surface area (Å²) in [5.41, 5.74) is 2.76. The van der Waals surface area contributed by atoms with E-state index >= 15 is 0 Å². The van der Waals surface area contributed by atoms with Crippen molar-refractivity contribution in [3.8, 4) is 17.6 Å². The average Bonchev–Trinajstić information content (AvgIpc) is 2.53. The second-order valence-corrected chi connectivity index (χ2v) is 4.60. The van der Waals surface area contributed by atoms with Gasteiger partial charge in [0.25, 0.3) is 0 Å². The lowest BCUT2D eigenvalue weighted by atomic mass is 10.0. The number of rotatable bonds is 5. The fourth-order valence-corrected chi connectivity index (χ4v) is 2.21. The van der Waals surface area contributed by atoms with Crippen molar-refractivity contribution >= 4 is 5.69 Å². The Morgan fingerprint density at radius 3 is 2.43 bits per heavy atom. The van der Waals surface area contributed by atoms with E-state index in [1.807, 2.05) is 49.4 Å². The summed E-state index contributed by atoms with van der Waals surface area (Å²) in [4.78, 5) is 0. The second kappa shape index (κ2) is 6.67. The summed E-state index contributed by atoms with van der Waals surface area (Å²) in [5.74, 6) is 1.19. The van der Waals surface area contributed by atoms with E-state index < -0.39 is 6.04 Å². The number of para-hydroxylation sites is 2. The van der Waals surface area contributed by atoms with Crippen LogP contribution < -0.4 is 14.8 Å². The van der Waals surface area contributed by atoms with Gasteiger partial charge in [-0.15, -0.1) is 0 Å². The van der Waals surface area contributed by atoms with Crippen molar-refractivity contribution in [2.75, 3.05) is 19.5 Å². The highest BCUT2D eigenvalue weighted by molar-refractivity contribution is 5.57. The van der Waals surface area contributed by atoms with Crippen molar-refractivity contribution in [1.29, 1.82) is 5.26 Å². The van der Waals surface area contributed by atoms with Crippen LogP contribution in [-0.4, -0.2) is 14.2 Å². The van der Waals surface area contributed by atoms with Gasteiger partial charge in [0.15, 0.2) is 11.5 Å². The fourth-order valence-electron chi connectivity index (χ4n) is 2.21. The third-order valence-electron chi connectivity index (χ3n) is 3.32. The number of nitrogens with one attached hydrogen (secondary N) is 1. The number of anilines is 1. The molecular formula is C17H18N2O2. The average molecular weight is 282 g/mol. The summed E-state index contributed by atoms with van der Waals surface area (Å²) >= 11 is 0. The summed E-state index contributed by atoms with van der Waals surface area (Å²) in [6.45, 7) is 2.00. The molecule has 0 saturated heterocycles. The Morgan fingerprint density at radius 1 is 1.05 bits per heavy atom. The van der Waals surface area contributed by atoms with Crippen molar-refractivity contribution in [2.24, 2.45) is 0 Å². The predicted molar refractivity (Wildman–Crippen MR) is 82.7 cm³/mol. The molecule has 2 aromatic carbocycles. The maximum Gasteiger partial charge on any atom is 0.167 e. The molecule has 1 unspecified atom stereocenters. The second-order valence-electron chi connectivity index (χ2n) is 4.60. The van der Waals surface area contributed by atoms with Gasteiger partial charge in [-0.2, -0.15) is 5.26 Å². The zero-order valence-electron chi connectivity index (χ0n) is 12.4. The van der Waals surface area contributed by atoms with Gasteiger partial charge >= 0.3 is 0 Å². The topological polar surface area (TPSA) is 54.3 Å². The fraction of sp³-hybridized carbons (Fsp3) is 0.235. The number of benzene rings is 2. The van der Waals surface area contributed by atoms with Crippen molar-refractivity contribution in [3.63, 3.8) is 0 Å². The van der Waals surface area contributed by atoms with Crippen molar-refractivity contribution in [2.45, 2.75) is 13.0 Å². The number of nitrogens with zero attached hydrogens (tertiary/aromatic N) is 1. The highest BCUT2D eigenvalue weighted by Crippen LogP contribution is 2.35. The minimum absolute atomic E-state index is 0.517. The molecule has 0 aliphatic rings. The molecule has 1 atom stereocenters. The van der Waals surface area contributed by atoms with Crippen LogP contribution in [0.3, 0.4) is 0 Å². The number of nitriles is 1. The summed E-state index contributed by atoms with van der Waals surface area (Å²) in [6.07, 6.45) is 0. The normalized spacial score (nSPS) is 11.3. The van der Waals surface area contributed by atoms with Crippen LogP contribution in [-0.2, 0) is 0 Å². The molecule has 2 aromatic rings. The maximum absolute atomic E-state index is 9.51. The lowest BCUT2D eigenvalue weighted by Gasteiger charge is -2.19. The summed E-state index contributed by atoms with van der Waals surface area (Å²) < 4.78 is 10.7. The first-order chi connectivity index (χ1) is 10.2. The maximum atomic E-state index is 9.51. The number of hydrogen-bond acceptors (Lipinski definition) is 4. The molecule has 108 valence electrons. The molecule has 0 saturated carbocycles. The van der Waals surface area contributed by atoms with Crippen molar-refractivity contribution < 1.29 is 9.47 Å². The van der Waals surface area contributed by atoms with E-state index in [9.17, 15) is 5.26 Å². The van der Waals surface area contributed by atoms with E-state index in [1.54, 1.807) is 14.2 Å². The van der Waals surface area contributed by atoms with Gasteiger partial charge in [-0.25, -0.2) is 0 Å². The van der Waals surface area contributed by atoms with E-state index in [2.05, 4.69) is 11.4 Å². The van der Waals surface area contributed by atoms with Crippen LogP contribution >= 0.6 is 0 Å². The van der Waals surface area contributed by atoms with E-state index in [1.165, 1.54) is 0 Å². The van der Waals surface area contributed by atoms with Crippen LogP contribution in [0.4, 0.5) is 5.69 Å². The zero-order chi connectivity index (χ0) is 15.2. The van der Waals surface area contributed by atoms with Crippen molar-refractivity contribution in [3.05, 3.63) is 53.6 Å². The first-order valence-electron chi connectivity index (χ1n) is 6.64. The molecular weight excluding hydrogens is 264 g/mol. The molecule has 0 amide bonds. The van der Waals surface area contributed by atoms with E-state index in [0.29, 0.717) is 11.5 Å². The van der Waals surface area contributed by atoms with Gasteiger partial charge in [-0.1, -0.05) is 30.3 Å². The third kappa shape index (κ3) is 3.09. The number of hydrogen-bond donors (Lipinski definition) is 1. The number of ether oxygens (including phenoxy) is 2. The van der Waals surface area contributed by atoms with Crippen LogP contribution in [0, 0.1) is 18.3 Å². The minimum atomic E-state index is -0.517. The first-order valence-corrected chi connectivity index (χ1v) is 6.64. The van der Waals surface area contributed by atoms with E-state index in [-0.39, 0.29) is 0 Å². The van der Waals surface area contributed by atoms with Crippen LogP contribution in [0.5, 0.6) is 11.5 Å². The predicted octanol–water partition coefficient (Wildman–Crippen LogP) is 3.69. The smallest absolute Gasteiger partial charge is 0.167 e. The number of methoxy groups -OCH3 is 2. The molecule has 0 fully saturated rings. The van der Waals surface area contributed by atoms with E-state index in [0.717, 1.165) is 16.8 Å². The zero-order valence-corrected chi connectivity index (χ0v) is 12.4. The van der Waals surface area contributed by atoms with Gasteiger partial charge in [-0.05, 0) is 24.6 Å². The molecule has 4 heteroatoms. The van der Waals surface area contributed by atoms with E-state index in [4.69, 9.17) is 9.47 Å². The van der Waals surface area contributed by atoms with Crippen LogP contribution in [0.1, 0.15) is 17.2 Å².